The van der Waals surface area contributed by atoms with E-state index in [9.17, 15) is 19.8 Å². The van der Waals surface area contributed by atoms with Crippen molar-refractivity contribution in [3.63, 3.8) is 0 Å². The summed E-state index contributed by atoms with van der Waals surface area (Å²) in [5.41, 5.74) is 0.727. The number of nitrogens with zero attached hydrogens (tertiary/aromatic N) is 1. The first-order valence-electron chi connectivity index (χ1n) is 12.9. The number of imidazole rings is 1. The van der Waals surface area contributed by atoms with Gasteiger partial charge in [0.2, 0.25) is 0 Å². The highest BCUT2D eigenvalue weighted by atomic mass is 32.2. The third-order valence-corrected chi connectivity index (χ3v) is 11.1. The molecule has 6 unspecified atom stereocenters. The van der Waals surface area contributed by atoms with Crippen LogP contribution >= 0.6 is 11.8 Å². The zero-order chi connectivity index (χ0) is 24.6. The number of nitrogens with one attached hydrogen (secondary N) is 1. The third kappa shape index (κ3) is 3.34. The zero-order valence-electron chi connectivity index (χ0n) is 20.4. The van der Waals surface area contributed by atoms with Gasteiger partial charge in [-0.3, -0.25) is 9.59 Å². The van der Waals surface area contributed by atoms with Gasteiger partial charge in [0, 0.05) is 11.8 Å². The average Bonchev–Trinajstić information content (AvgIpc) is 3.36. The van der Waals surface area contributed by atoms with Crippen LogP contribution in [0.4, 0.5) is 0 Å². The second-order valence-corrected chi connectivity index (χ2v) is 12.7. The number of fused-ring (bicyclic) bond motifs is 6. The highest BCUT2D eigenvalue weighted by Crippen LogP contribution is 2.67. The van der Waals surface area contributed by atoms with Crippen LogP contribution in [0.2, 0.25) is 0 Å². The Labute approximate surface area is 210 Å². The molecule has 0 radical (unpaired) electrons. The van der Waals surface area contributed by atoms with Crippen LogP contribution in [0.25, 0.3) is 11.0 Å². The van der Waals surface area contributed by atoms with Crippen molar-refractivity contribution in [1.82, 2.24) is 9.97 Å². The number of Topliss-reactive ketones (excluding diaryl/α,β-unsaturated/α-hetero) is 1. The summed E-state index contributed by atoms with van der Waals surface area (Å²) < 4.78 is 0. The molecule has 0 amide bonds. The fourth-order valence-corrected chi connectivity index (χ4v) is 9.25. The van der Waals surface area contributed by atoms with Crippen LogP contribution in [-0.4, -0.2) is 49.2 Å². The monoisotopic (exact) mass is 494 g/mol. The van der Waals surface area contributed by atoms with Crippen LogP contribution in [-0.2, 0) is 9.59 Å². The lowest BCUT2D eigenvalue weighted by Gasteiger charge is -2.60. The number of hydrogen-bond acceptors (Lipinski definition) is 6. The normalized spacial score (nSPS) is 40.7. The highest BCUT2D eigenvalue weighted by Gasteiger charge is 2.68. The molecule has 6 rings (SSSR count). The number of benzene rings is 1. The van der Waals surface area contributed by atoms with E-state index in [0.29, 0.717) is 24.4 Å². The first-order chi connectivity index (χ1) is 16.7. The fourth-order valence-electron chi connectivity index (χ4n) is 8.40. The summed E-state index contributed by atoms with van der Waals surface area (Å²) in [6.07, 6.45) is 6.03. The number of aromatic amines is 1. The van der Waals surface area contributed by atoms with E-state index in [1.54, 1.807) is 0 Å². The standard InChI is InChI=1S/C28H34N2O4S/c1-26-11-9-17(31)13-16(26)7-8-18-19-10-12-28(34,27(19,2)14-22(32)24(18)26)23(33)15-35-25-29-20-5-3-4-6-21(20)30-25/h3-6,13,18-19,22,24,32,34H,7-12,14-15H2,1-2H3,(H,29,30)/t18?,19?,22?,24?,26?,27?,28-/m0/s1. The van der Waals surface area contributed by atoms with Gasteiger partial charge in [-0.2, -0.15) is 0 Å². The molecule has 7 atom stereocenters. The summed E-state index contributed by atoms with van der Waals surface area (Å²) in [4.78, 5) is 33.5. The maximum Gasteiger partial charge on any atom is 0.175 e. The molecule has 0 bridgehead atoms. The van der Waals surface area contributed by atoms with Crippen LogP contribution < -0.4 is 0 Å². The lowest BCUT2D eigenvalue weighted by atomic mass is 9.45. The number of rotatable bonds is 4. The van der Waals surface area contributed by atoms with Crippen LogP contribution in [0.3, 0.4) is 0 Å². The third-order valence-electron chi connectivity index (χ3n) is 10.2. The molecule has 1 aromatic carbocycles. The quantitative estimate of drug-likeness (QED) is 0.543. The maximum atomic E-state index is 13.6. The second-order valence-electron chi connectivity index (χ2n) is 11.7. The van der Waals surface area contributed by atoms with Crippen molar-refractivity contribution in [3.8, 4) is 0 Å². The molecule has 2 aromatic rings. The molecule has 186 valence electrons. The molecule has 6 nitrogen and oxygen atoms in total. The van der Waals surface area contributed by atoms with Crippen LogP contribution in [0.15, 0.2) is 41.1 Å². The molecule has 0 spiro atoms. The van der Waals surface area contributed by atoms with E-state index in [4.69, 9.17) is 0 Å². The molecule has 3 fully saturated rings. The predicted octanol–water partition coefficient (Wildman–Crippen LogP) is 4.46. The Balaban J connectivity index is 1.24. The lowest BCUT2D eigenvalue weighted by molar-refractivity contribution is -0.178. The SMILES string of the molecule is CC12CCC(=O)C=C1CCC1C2C(O)CC2(C)C1CC[C@]2(O)C(=O)CSc1nc2ccccc2[nH]1. The summed E-state index contributed by atoms with van der Waals surface area (Å²) >= 11 is 1.34. The van der Waals surface area contributed by atoms with E-state index >= 15 is 0 Å². The van der Waals surface area contributed by atoms with Crippen molar-refractivity contribution in [2.24, 2.45) is 28.6 Å². The van der Waals surface area contributed by atoms with Crippen molar-refractivity contribution in [1.29, 1.82) is 0 Å². The van der Waals surface area contributed by atoms with Crippen LogP contribution in [0.5, 0.6) is 0 Å². The summed E-state index contributed by atoms with van der Waals surface area (Å²) in [5, 5.41) is 24.1. The second kappa shape index (κ2) is 8.02. The number of hydrogen-bond donors (Lipinski definition) is 3. The number of carbonyl (C=O) groups excluding carboxylic acids is 2. The van der Waals surface area contributed by atoms with Gasteiger partial charge in [-0.25, -0.2) is 4.98 Å². The number of H-pyrrole nitrogens is 1. The van der Waals surface area contributed by atoms with E-state index in [-0.39, 0.29) is 40.5 Å². The molecule has 0 aliphatic heterocycles. The number of ketones is 2. The number of thioether (sulfide) groups is 1. The molecule has 0 saturated heterocycles. The topological polar surface area (TPSA) is 103 Å². The molecule has 7 heteroatoms. The van der Waals surface area contributed by atoms with E-state index in [1.807, 2.05) is 37.3 Å². The molecular formula is C28H34N2O4S. The van der Waals surface area contributed by atoms with Gasteiger partial charge < -0.3 is 15.2 Å². The Bertz CT molecular complexity index is 1210. The number of aromatic nitrogens is 2. The molecule has 3 N–H and O–H groups in total. The Morgan fingerprint density at radius 1 is 1.20 bits per heavy atom. The highest BCUT2D eigenvalue weighted by molar-refractivity contribution is 7.99. The minimum atomic E-state index is -1.44. The van der Waals surface area contributed by atoms with E-state index < -0.39 is 17.1 Å². The lowest BCUT2D eigenvalue weighted by Crippen LogP contribution is -2.61. The van der Waals surface area contributed by atoms with Gasteiger partial charge in [0.05, 0.1) is 22.9 Å². The Morgan fingerprint density at radius 3 is 2.80 bits per heavy atom. The number of aliphatic hydroxyl groups excluding tert-OH is 1. The Morgan fingerprint density at radius 2 is 2.00 bits per heavy atom. The minimum absolute atomic E-state index is 0.0797. The van der Waals surface area contributed by atoms with Crippen molar-refractivity contribution in [2.45, 2.75) is 75.7 Å². The molecule has 4 aliphatic rings. The molecule has 1 aromatic heterocycles. The van der Waals surface area contributed by atoms with Gasteiger partial charge in [-0.1, -0.05) is 43.3 Å². The van der Waals surface area contributed by atoms with Crippen molar-refractivity contribution < 1.29 is 19.8 Å². The largest absolute Gasteiger partial charge is 0.393 e. The average molecular weight is 495 g/mol. The minimum Gasteiger partial charge on any atom is -0.393 e. The maximum absolute atomic E-state index is 13.6. The van der Waals surface area contributed by atoms with Crippen molar-refractivity contribution in [3.05, 3.63) is 35.9 Å². The first-order valence-corrected chi connectivity index (χ1v) is 13.9. The van der Waals surface area contributed by atoms with Crippen molar-refractivity contribution >= 4 is 34.4 Å². The van der Waals surface area contributed by atoms with Gasteiger partial charge in [-0.05, 0) is 79.9 Å². The Kier molecular flexibility index (Phi) is 5.37. The van der Waals surface area contributed by atoms with E-state index in [0.717, 1.165) is 36.7 Å². The van der Waals surface area contributed by atoms with Crippen molar-refractivity contribution in [2.75, 3.05) is 5.75 Å². The summed E-state index contributed by atoms with van der Waals surface area (Å²) in [6, 6.07) is 7.76. The smallest absolute Gasteiger partial charge is 0.175 e. The fraction of sp³-hybridized carbons (Fsp3) is 0.607. The van der Waals surface area contributed by atoms with Gasteiger partial charge in [0.1, 0.15) is 5.60 Å². The van der Waals surface area contributed by atoms with Gasteiger partial charge in [0.15, 0.2) is 16.7 Å². The molecule has 1 heterocycles. The summed E-state index contributed by atoms with van der Waals surface area (Å²) in [5.74, 6) is 0.714. The van der Waals surface area contributed by atoms with Gasteiger partial charge in [-0.15, -0.1) is 0 Å². The van der Waals surface area contributed by atoms with Crippen LogP contribution in [0.1, 0.15) is 58.8 Å². The summed E-state index contributed by atoms with van der Waals surface area (Å²) in [7, 11) is 0. The van der Waals surface area contributed by atoms with Crippen LogP contribution in [0, 0.1) is 28.6 Å². The molecule has 3 saturated carbocycles. The number of allylic oxidation sites excluding steroid dienone is 1. The molecule has 35 heavy (non-hydrogen) atoms. The van der Waals surface area contributed by atoms with Gasteiger partial charge in [0.25, 0.3) is 0 Å². The molecular weight excluding hydrogens is 460 g/mol. The number of carbonyl (C=O) groups is 2. The number of aliphatic hydroxyl groups is 2. The Hall–Kier alpha value is -1.96. The zero-order valence-corrected chi connectivity index (χ0v) is 21.2. The molecule has 4 aliphatic carbocycles. The van der Waals surface area contributed by atoms with E-state index in [2.05, 4.69) is 16.9 Å². The first kappa shape index (κ1) is 23.4. The summed E-state index contributed by atoms with van der Waals surface area (Å²) in [6.45, 7) is 4.26. The van der Waals surface area contributed by atoms with E-state index in [1.165, 1.54) is 17.3 Å². The van der Waals surface area contributed by atoms with Gasteiger partial charge >= 0.3 is 0 Å². The predicted molar refractivity (Wildman–Crippen MR) is 135 cm³/mol. The number of para-hydroxylation sites is 2.